The van der Waals surface area contributed by atoms with Crippen molar-refractivity contribution >= 4 is 16.4 Å². The first kappa shape index (κ1) is 14.4. The van der Waals surface area contributed by atoms with Crippen molar-refractivity contribution in [2.45, 2.75) is 64.6 Å². The highest BCUT2D eigenvalue weighted by molar-refractivity contribution is 6.76. The quantitative estimate of drug-likeness (QED) is 0.468. The summed E-state index contributed by atoms with van der Waals surface area (Å²) in [6.45, 7) is 15.1. The SMILES string of the molecule is C[Si](C)(C)CCCCCO[Si](C)(C)C. The predicted octanol–water partition coefficient (Wildman–Crippen LogP) is 4.35. The molecule has 1 nitrogen and oxygen atoms in total. The molecule has 0 spiro atoms. The van der Waals surface area contributed by atoms with Crippen molar-refractivity contribution in [3.63, 3.8) is 0 Å². The van der Waals surface area contributed by atoms with Crippen LogP contribution in [0.4, 0.5) is 0 Å². The van der Waals surface area contributed by atoms with E-state index < -0.39 is 16.4 Å². The van der Waals surface area contributed by atoms with Crippen molar-refractivity contribution in [2.24, 2.45) is 0 Å². The summed E-state index contributed by atoms with van der Waals surface area (Å²) in [7, 11) is -2.03. The molecule has 0 aliphatic heterocycles. The second-order valence-electron chi connectivity index (χ2n) is 6.33. The Kier molecular flexibility index (Phi) is 6.25. The molecule has 0 atom stereocenters. The second kappa shape index (κ2) is 6.08. The zero-order chi connectivity index (χ0) is 11.2. The molecule has 0 aromatic carbocycles. The molecule has 86 valence electrons. The summed E-state index contributed by atoms with van der Waals surface area (Å²) in [6.07, 6.45) is 4.02. The molecule has 0 rings (SSSR count). The Morgan fingerprint density at radius 3 is 1.79 bits per heavy atom. The zero-order valence-corrected chi connectivity index (χ0v) is 12.9. The van der Waals surface area contributed by atoms with Crippen LogP contribution in [-0.2, 0) is 4.43 Å². The van der Waals surface area contributed by atoms with E-state index >= 15 is 0 Å². The van der Waals surface area contributed by atoms with Crippen LogP contribution < -0.4 is 0 Å². The lowest BCUT2D eigenvalue weighted by molar-refractivity contribution is 0.300. The van der Waals surface area contributed by atoms with Crippen LogP contribution in [0, 0.1) is 0 Å². The van der Waals surface area contributed by atoms with Gasteiger partial charge in [0.1, 0.15) is 0 Å². The third kappa shape index (κ3) is 12.4. The van der Waals surface area contributed by atoms with E-state index in [9.17, 15) is 0 Å². The number of hydrogen-bond donors (Lipinski definition) is 0. The van der Waals surface area contributed by atoms with E-state index in [1.807, 2.05) is 0 Å². The Bertz CT molecular complexity index is 126. The fourth-order valence-corrected chi connectivity index (χ4v) is 3.38. The van der Waals surface area contributed by atoms with E-state index in [1.165, 1.54) is 25.3 Å². The van der Waals surface area contributed by atoms with Gasteiger partial charge in [0.05, 0.1) is 0 Å². The Morgan fingerprint density at radius 2 is 1.36 bits per heavy atom. The van der Waals surface area contributed by atoms with E-state index in [0.29, 0.717) is 0 Å². The van der Waals surface area contributed by atoms with Gasteiger partial charge in [-0.2, -0.15) is 0 Å². The molecule has 0 radical (unpaired) electrons. The zero-order valence-electron chi connectivity index (χ0n) is 10.9. The van der Waals surface area contributed by atoms with Gasteiger partial charge >= 0.3 is 0 Å². The maximum Gasteiger partial charge on any atom is 0.183 e. The Morgan fingerprint density at radius 1 is 0.786 bits per heavy atom. The molecule has 0 aliphatic carbocycles. The van der Waals surface area contributed by atoms with Crippen LogP contribution in [0.5, 0.6) is 0 Å². The van der Waals surface area contributed by atoms with Gasteiger partial charge in [0, 0.05) is 14.7 Å². The van der Waals surface area contributed by atoms with Crippen molar-refractivity contribution < 1.29 is 4.43 Å². The fraction of sp³-hybridized carbons (Fsp3) is 1.00. The molecule has 0 aliphatic rings. The summed E-state index contributed by atoms with van der Waals surface area (Å²) >= 11 is 0. The number of rotatable bonds is 7. The van der Waals surface area contributed by atoms with Gasteiger partial charge in [-0.3, -0.25) is 0 Å². The van der Waals surface area contributed by atoms with Crippen molar-refractivity contribution in [1.29, 1.82) is 0 Å². The predicted molar refractivity (Wildman–Crippen MR) is 71.3 cm³/mol. The topological polar surface area (TPSA) is 9.23 Å². The van der Waals surface area contributed by atoms with Gasteiger partial charge in [-0.25, -0.2) is 0 Å². The van der Waals surface area contributed by atoms with Gasteiger partial charge in [-0.15, -0.1) is 0 Å². The largest absolute Gasteiger partial charge is 0.418 e. The smallest absolute Gasteiger partial charge is 0.183 e. The molecule has 14 heavy (non-hydrogen) atoms. The average molecular weight is 233 g/mol. The lowest BCUT2D eigenvalue weighted by Gasteiger charge is -2.18. The standard InChI is InChI=1S/C11H28OSi2/c1-13(2,3)11-9-7-8-10-12-14(4,5)6/h7-11H2,1-6H3. The van der Waals surface area contributed by atoms with Gasteiger partial charge in [-0.05, 0) is 26.1 Å². The summed E-state index contributed by atoms with van der Waals surface area (Å²) in [4.78, 5) is 0. The summed E-state index contributed by atoms with van der Waals surface area (Å²) in [5.41, 5.74) is 0. The van der Waals surface area contributed by atoms with Crippen LogP contribution in [0.25, 0.3) is 0 Å². The summed E-state index contributed by atoms with van der Waals surface area (Å²) in [5, 5.41) is 0. The van der Waals surface area contributed by atoms with Gasteiger partial charge in [-0.1, -0.05) is 38.5 Å². The van der Waals surface area contributed by atoms with Crippen LogP contribution in [-0.4, -0.2) is 23.0 Å². The van der Waals surface area contributed by atoms with Crippen molar-refractivity contribution in [1.82, 2.24) is 0 Å². The van der Waals surface area contributed by atoms with Crippen molar-refractivity contribution in [3.05, 3.63) is 0 Å². The molecule has 0 unspecified atom stereocenters. The molecule has 0 saturated heterocycles. The fourth-order valence-electron chi connectivity index (χ4n) is 1.31. The number of unbranched alkanes of at least 4 members (excludes halogenated alkanes) is 2. The average Bonchev–Trinajstić information content (AvgIpc) is 1.92. The molecule has 0 bridgehead atoms. The molecular weight excluding hydrogens is 204 g/mol. The molecule has 0 saturated carbocycles. The summed E-state index contributed by atoms with van der Waals surface area (Å²) < 4.78 is 5.81. The molecule has 0 N–H and O–H groups in total. The van der Waals surface area contributed by atoms with Gasteiger partial charge < -0.3 is 4.43 Å². The Labute approximate surface area is 92.4 Å². The van der Waals surface area contributed by atoms with E-state index in [0.717, 1.165) is 6.61 Å². The summed E-state index contributed by atoms with van der Waals surface area (Å²) in [5.74, 6) is 0. The monoisotopic (exact) mass is 232 g/mol. The normalized spacial score (nSPS) is 13.3. The van der Waals surface area contributed by atoms with Crippen LogP contribution >= 0.6 is 0 Å². The Balaban J connectivity index is 3.23. The third-order valence-electron chi connectivity index (χ3n) is 2.11. The van der Waals surface area contributed by atoms with Gasteiger partial charge in [0.15, 0.2) is 8.32 Å². The van der Waals surface area contributed by atoms with E-state index in [2.05, 4.69) is 39.3 Å². The minimum Gasteiger partial charge on any atom is -0.418 e. The highest BCUT2D eigenvalue weighted by Gasteiger charge is 2.14. The third-order valence-corrected chi connectivity index (χ3v) is 5.03. The number of hydrogen-bond acceptors (Lipinski definition) is 1. The first-order chi connectivity index (χ1) is 6.21. The molecule has 0 heterocycles. The molecule has 0 fully saturated rings. The van der Waals surface area contributed by atoms with E-state index in [4.69, 9.17) is 4.43 Å². The molecule has 0 aromatic rings. The highest BCUT2D eigenvalue weighted by Crippen LogP contribution is 2.14. The maximum absolute atomic E-state index is 5.81. The lowest BCUT2D eigenvalue weighted by Crippen LogP contribution is -2.25. The van der Waals surface area contributed by atoms with Crippen LogP contribution in [0.2, 0.25) is 45.3 Å². The molecule has 0 aromatic heterocycles. The van der Waals surface area contributed by atoms with E-state index in [-0.39, 0.29) is 0 Å². The second-order valence-corrected chi connectivity index (χ2v) is 16.5. The highest BCUT2D eigenvalue weighted by atomic mass is 28.4. The van der Waals surface area contributed by atoms with Crippen molar-refractivity contribution in [3.8, 4) is 0 Å². The maximum atomic E-state index is 5.81. The first-order valence-corrected chi connectivity index (χ1v) is 13.0. The van der Waals surface area contributed by atoms with Crippen LogP contribution in [0.3, 0.4) is 0 Å². The van der Waals surface area contributed by atoms with Crippen molar-refractivity contribution in [2.75, 3.05) is 6.61 Å². The summed E-state index contributed by atoms with van der Waals surface area (Å²) in [6, 6.07) is 1.47. The Hall–Kier alpha value is 0.394. The lowest BCUT2D eigenvalue weighted by atomic mass is 10.3. The van der Waals surface area contributed by atoms with E-state index in [1.54, 1.807) is 0 Å². The van der Waals surface area contributed by atoms with Gasteiger partial charge in [0.2, 0.25) is 0 Å². The first-order valence-electron chi connectivity index (χ1n) is 5.85. The van der Waals surface area contributed by atoms with Gasteiger partial charge in [0.25, 0.3) is 0 Å². The van der Waals surface area contributed by atoms with Crippen LogP contribution in [0.15, 0.2) is 0 Å². The van der Waals surface area contributed by atoms with Crippen LogP contribution in [0.1, 0.15) is 19.3 Å². The minimum absolute atomic E-state index is 0.786. The minimum atomic E-state index is -1.25. The molecular formula is C11H28OSi2. The molecule has 3 heteroatoms. The molecule has 0 amide bonds.